The van der Waals surface area contributed by atoms with E-state index in [-0.39, 0.29) is 0 Å². The molecule has 0 radical (unpaired) electrons. The van der Waals surface area contributed by atoms with E-state index in [1.807, 2.05) is 11.8 Å². The molecule has 0 aliphatic rings. The number of aliphatic imine (C=N–C) groups is 1. The lowest BCUT2D eigenvalue weighted by atomic mass is 10.2. The van der Waals surface area contributed by atoms with Crippen LogP contribution in [0.1, 0.15) is 27.7 Å². The molecule has 0 unspecified atom stereocenters. The summed E-state index contributed by atoms with van der Waals surface area (Å²) in [5, 5.41) is 1.30. The van der Waals surface area contributed by atoms with Crippen LogP contribution in [0.3, 0.4) is 0 Å². The smallest absolute Gasteiger partial charge is 0.0701 e. The number of thioether (sulfide) groups is 1. The van der Waals surface area contributed by atoms with Crippen LogP contribution in [0.4, 0.5) is 0 Å². The van der Waals surface area contributed by atoms with E-state index in [1.165, 1.54) is 5.04 Å². The van der Waals surface area contributed by atoms with Gasteiger partial charge in [0.1, 0.15) is 0 Å². The standard InChI is InChI=1S/C8H17NS/c1-5-9-8(7(3)4)10-6-2/h7H,5-6H2,1-4H3. The Kier molecular flexibility index (Phi) is 5.79. The lowest BCUT2D eigenvalue weighted by Crippen LogP contribution is -2.03. The summed E-state index contributed by atoms with van der Waals surface area (Å²) >= 11 is 1.86. The van der Waals surface area contributed by atoms with E-state index in [4.69, 9.17) is 0 Å². The van der Waals surface area contributed by atoms with E-state index in [2.05, 4.69) is 32.7 Å². The van der Waals surface area contributed by atoms with Gasteiger partial charge in [0.05, 0.1) is 5.04 Å². The van der Waals surface area contributed by atoms with E-state index < -0.39 is 0 Å². The Labute approximate surface area is 68.3 Å². The van der Waals surface area contributed by atoms with Crippen molar-refractivity contribution in [2.75, 3.05) is 12.3 Å². The van der Waals surface area contributed by atoms with Crippen LogP contribution in [0.15, 0.2) is 4.99 Å². The van der Waals surface area contributed by atoms with Crippen molar-refractivity contribution in [3.8, 4) is 0 Å². The molecule has 0 aliphatic carbocycles. The van der Waals surface area contributed by atoms with Gasteiger partial charge >= 0.3 is 0 Å². The van der Waals surface area contributed by atoms with Crippen molar-refractivity contribution >= 4 is 16.8 Å². The highest BCUT2D eigenvalue weighted by atomic mass is 32.2. The summed E-state index contributed by atoms with van der Waals surface area (Å²) in [7, 11) is 0. The fourth-order valence-electron chi connectivity index (χ4n) is 0.699. The Morgan fingerprint density at radius 2 is 2.00 bits per heavy atom. The molecule has 0 heterocycles. The summed E-state index contributed by atoms with van der Waals surface area (Å²) in [6, 6.07) is 0. The lowest BCUT2D eigenvalue weighted by molar-refractivity contribution is 0.889. The third-order valence-electron chi connectivity index (χ3n) is 1.10. The Hall–Kier alpha value is 0.0200. The van der Waals surface area contributed by atoms with Crippen molar-refractivity contribution in [2.45, 2.75) is 27.7 Å². The van der Waals surface area contributed by atoms with Crippen LogP contribution in [-0.2, 0) is 0 Å². The molecular formula is C8H17NS. The Bertz CT molecular complexity index is 108. The summed E-state index contributed by atoms with van der Waals surface area (Å²) in [6.07, 6.45) is 0. The molecule has 60 valence electrons. The van der Waals surface area contributed by atoms with Gasteiger partial charge in [-0.1, -0.05) is 20.8 Å². The number of nitrogens with zero attached hydrogens (tertiary/aromatic N) is 1. The third-order valence-corrected chi connectivity index (χ3v) is 2.29. The number of hydrogen-bond donors (Lipinski definition) is 0. The second kappa shape index (κ2) is 5.78. The van der Waals surface area contributed by atoms with Crippen LogP contribution in [0, 0.1) is 5.92 Å². The second-order valence-corrected chi connectivity index (χ2v) is 3.68. The summed E-state index contributed by atoms with van der Waals surface area (Å²) < 4.78 is 0. The van der Waals surface area contributed by atoms with Crippen molar-refractivity contribution in [1.29, 1.82) is 0 Å². The van der Waals surface area contributed by atoms with Gasteiger partial charge in [-0.2, -0.15) is 0 Å². The maximum absolute atomic E-state index is 4.39. The molecule has 0 rings (SSSR count). The Morgan fingerprint density at radius 1 is 1.40 bits per heavy atom. The molecule has 0 N–H and O–H groups in total. The first-order chi connectivity index (χ1) is 4.72. The van der Waals surface area contributed by atoms with Crippen LogP contribution < -0.4 is 0 Å². The average molecular weight is 159 g/mol. The topological polar surface area (TPSA) is 12.4 Å². The summed E-state index contributed by atoms with van der Waals surface area (Å²) in [4.78, 5) is 4.39. The highest BCUT2D eigenvalue weighted by Crippen LogP contribution is 2.11. The van der Waals surface area contributed by atoms with Crippen LogP contribution in [0.25, 0.3) is 0 Å². The molecule has 0 spiro atoms. The Balaban J connectivity index is 3.85. The summed E-state index contributed by atoms with van der Waals surface area (Å²) in [5.41, 5.74) is 0. The van der Waals surface area contributed by atoms with Gasteiger partial charge < -0.3 is 0 Å². The summed E-state index contributed by atoms with van der Waals surface area (Å²) in [5.74, 6) is 1.74. The predicted molar refractivity (Wildman–Crippen MR) is 50.9 cm³/mol. The van der Waals surface area contributed by atoms with Gasteiger partial charge in [-0.05, 0) is 12.7 Å². The van der Waals surface area contributed by atoms with E-state index in [9.17, 15) is 0 Å². The molecule has 0 aromatic rings. The molecule has 2 heteroatoms. The minimum absolute atomic E-state index is 0.602. The molecule has 0 aromatic heterocycles. The van der Waals surface area contributed by atoms with E-state index in [0.717, 1.165) is 12.3 Å². The molecule has 0 amide bonds. The molecule has 0 aliphatic heterocycles. The molecule has 0 fully saturated rings. The number of hydrogen-bond acceptors (Lipinski definition) is 2. The Morgan fingerprint density at radius 3 is 2.30 bits per heavy atom. The normalized spacial score (nSPS) is 12.7. The van der Waals surface area contributed by atoms with Gasteiger partial charge in [0.25, 0.3) is 0 Å². The van der Waals surface area contributed by atoms with E-state index in [1.54, 1.807) is 0 Å². The van der Waals surface area contributed by atoms with Crippen LogP contribution in [-0.4, -0.2) is 17.3 Å². The van der Waals surface area contributed by atoms with Crippen molar-refractivity contribution in [3.05, 3.63) is 0 Å². The highest BCUT2D eigenvalue weighted by molar-refractivity contribution is 8.13. The van der Waals surface area contributed by atoms with Crippen molar-refractivity contribution in [2.24, 2.45) is 10.9 Å². The van der Waals surface area contributed by atoms with Crippen LogP contribution in [0.5, 0.6) is 0 Å². The minimum atomic E-state index is 0.602. The fraction of sp³-hybridized carbons (Fsp3) is 0.875. The van der Waals surface area contributed by atoms with Crippen LogP contribution in [0.2, 0.25) is 0 Å². The van der Waals surface area contributed by atoms with Gasteiger partial charge in [0, 0.05) is 12.5 Å². The monoisotopic (exact) mass is 159 g/mol. The molecular weight excluding hydrogens is 142 g/mol. The SMILES string of the molecule is CCN=C(SCC)C(C)C. The van der Waals surface area contributed by atoms with Gasteiger partial charge in [-0.25, -0.2) is 0 Å². The van der Waals surface area contributed by atoms with Crippen LogP contribution >= 0.6 is 11.8 Å². The van der Waals surface area contributed by atoms with E-state index >= 15 is 0 Å². The zero-order valence-corrected chi connectivity index (χ0v) is 8.16. The van der Waals surface area contributed by atoms with Crippen molar-refractivity contribution < 1.29 is 0 Å². The maximum atomic E-state index is 4.39. The predicted octanol–water partition coefficient (Wildman–Crippen LogP) is 2.81. The molecule has 0 aromatic carbocycles. The lowest BCUT2D eigenvalue weighted by Gasteiger charge is -2.06. The minimum Gasteiger partial charge on any atom is -0.283 e. The van der Waals surface area contributed by atoms with Gasteiger partial charge in [0.15, 0.2) is 0 Å². The van der Waals surface area contributed by atoms with Gasteiger partial charge in [-0.3, -0.25) is 4.99 Å². The van der Waals surface area contributed by atoms with Crippen molar-refractivity contribution in [1.82, 2.24) is 0 Å². The van der Waals surface area contributed by atoms with Gasteiger partial charge in [0.2, 0.25) is 0 Å². The van der Waals surface area contributed by atoms with E-state index in [0.29, 0.717) is 5.92 Å². The van der Waals surface area contributed by atoms with Crippen molar-refractivity contribution in [3.63, 3.8) is 0 Å². The molecule has 0 saturated carbocycles. The van der Waals surface area contributed by atoms with Gasteiger partial charge in [-0.15, -0.1) is 11.8 Å². The zero-order chi connectivity index (χ0) is 7.98. The zero-order valence-electron chi connectivity index (χ0n) is 7.35. The molecule has 0 saturated heterocycles. The number of rotatable bonds is 3. The maximum Gasteiger partial charge on any atom is 0.0701 e. The quantitative estimate of drug-likeness (QED) is 0.455. The third kappa shape index (κ3) is 3.94. The largest absolute Gasteiger partial charge is 0.283 e. The first-order valence-electron chi connectivity index (χ1n) is 3.89. The fourth-order valence-corrected chi connectivity index (χ4v) is 1.55. The molecule has 0 atom stereocenters. The average Bonchev–Trinajstić information content (AvgIpc) is 1.87. The molecule has 10 heavy (non-hydrogen) atoms. The molecule has 1 nitrogen and oxygen atoms in total. The first kappa shape index (κ1) is 10.0. The first-order valence-corrected chi connectivity index (χ1v) is 4.88. The summed E-state index contributed by atoms with van der Waals surface area (Å²) in [6.45, 7) is 9.55. The highest BCUT2D eigenvalue weighted by Gasteiger charge is 2.02. The molecule has 0 bridgehead atoms. The second-order valence-electron chi connectivity index (χ2n) is 2.40.